The van der Waals surface area contributed by atoms with Crippen molar-refractivity contribution < 1.29 is 14.6 Å². The number of carboxylic acid groups (broad SMARTS) is 1. The fraction of sp³-hybridized carbons (Fsp3) is 0.409. The Balaban J connectivity index is 1.43. The number of pyridine rings is 1. The number of carboxylic acids is 1. The molecule has 0 spiro atoms. The third kappa shape index (κ3) is 3.86. The van der Waals surface area contributed by atoms with Gasteiger partial charge < -0.3 is 19.3 Å². The first kappa shape index (κ1) is 20.5. The molecule has 1 N–H and O–H groups in total. The first-order valence-corrected chi connectivity index (χ1v) is 11.1. The number of halogens is 2. The number of aromatic nitrogens is 3. The topological polar surface area (TPSA) is 80.5 Å². The fourth-order valence-corrected chi connectivity index (χ4v) is 4.79. The van der Waals surface area contributed by atoms with Gasteiger partial charge in [-0.25, -0.2) is 9.97 Å². The van der Waals surface area contributed by atoms with Crippen molar-refractivity contribution in [2.24, 2.45) is 5.92 Å². The van der Waals surface area contributed by atoms with Crippen molar-refractivity contribution in [3.05, 3.63) is 47.0 Å². The standard InChI is InChI=1S/C22H22Cl2N4O3/c23-17-4-3-16-18(27-7-5-25-12-27)10-19(26-21(16)20(17)24)28-6-1-2-14(28)11-31-15-8-13(9-15)22(29)30/h3-5,7,10,12-15H,1-2,6,8-9,11H2,(H,29,30)/t13?,14-,15?/m0/s1. The van der Waals surface area contributed by atoms with Gasteiger partial charge in [0, 0.05) is 30.4 Å². The van der Waals surface area contributed by atoms with Crippen molar-refractivity contribution >= 4 is 45.9 Å². The van der Waals surface area contributed by atoms with Gasteiger partial charge in [0.15, 0.2) is 0 Å². The summed E-state index contributed by atoms with van der Waals surface area (Å²) in [4.78, 5) is 22.3. The number of ether oxygens (including phenoxy) is 1. The molecule has 1 aliphatic carbocycles. The number of fused-ring (bicyclic) bond motifs is 1. The maximum atomic E-state index is 11.0. The minimum atomic E-state index is -0.731. The number of anilines is 1. The molecule has 5 rings (SSSR count). The van der Waals surface area contributed by atoms with Crippen molar-refractivity contribution in [1.82, 2.24) is 14.5 Å². The molecule has 0 bridgehead atoms. The molecule has 0 radical (unpaired) electrons. The number of aliphatic carboxylic acids is 1. The predicted molar refractivity (Wildman–Crippen MR) is 119 cm³/mol. The van der Waals surface area contributed by atoms with Gasteiger partial charge in [-0.15, -0.1) is 0 Å². The molecule has 9 heteroatoms. The van der Waals surface area contributed by atoms with Crippen LogP contribution in [0.3, 0.4) is 0 Å². The number of hydrogen-bond donors (Lipinski definition) is 1. The minimum absolute atomic E-state index is 0.0304. The summed E-state index contributed by atoms with van der Waals surface area (Å²) in [5.41, 5.74) is 1.59. The van der Waals surface area contributed by atoms with Crippen molar-refractivity contribution in [3.8, 4) is 5.69 Å². The van der Waals surface area contributed by atoms with E-state index in [1.807, 2.05) is 16.8 Å². The summed E-state index contributed by atoms with van der Waals surface area (Å²) in [7, 11) is 0. The van der Waals surface area contributed by atoms with E-state index in [-0.39, 0.29) is 18.1 Å². The van der Waals surface area contributed by atoms with Gasteiger partial charge in [0.2, 0.25) is 0 Å². The number of hydrogen-bond acceptors (Lipinski definition) is 5. The van der Waals surface area contributed by atoms with Gasteiger partial charge in [-0.05, 0) is 37.8 Å². The van der Waals surface area contributed by atoms with Crippen LogP contribution in [0.5, 0.6) is 0 Å². The molecule has 1 saturated carbocycles. The van der Waals surface area contributed by atoms with E-state index in [4.69, 9.17) is 38.0 Å². The zero-order chi connectivity index (χ0) is 21.5. The Morgan fingerprint density at radius 3 is 2.87 bits per heavy atom. The fourth-order valence-electron chi connectivity index (χ4n) is 4.43. The molecular formula is C22H22Cl2N4O3. The summed E-state index contributed by atoms with van der Waals surface area (Å²) in [6.45, 7) is 1.43. The second kappa shape index (κ2) is 8.30. The molecule has 1 saturated heterocycles. The van der Waals surface area contributed by atoms with Gasteiger partial charge >= 0.3 is 5.97 Å². The summed E-state index contributed by atoms with van der Waals surface area (Å²) in [5.74, 6) is -0.176. The van der Waals surface area contributed by atoms with Crippen LogP contribution in [0.25, 0.3) is 16.6 Å². The molecule has 1 atom stereocenters. The molecule has 0 unspecified atom stereocenters. The summed E-state index contributed by atoms with van der Waals surface area (Å²) in [6, 6.07) is 5.94. The average molecular weight is 461 g/mol. The van der Waals surface area contributed by atoms with E-state index in [0.717, 1.165) is 36.3 Å². The third-order valence-electron chi connectivity index (χ3n) is 6.26. The number of carbonyl (C=O) groups is 1. The summed E-state index contributed by atoms with van der Waals surface area (Å²) in [6.07, 6.45) is 8.63. The second-order valence-electron chi connectivity index (χ2n) is 8.18. The molecule has 162 valence electrons. The largest absolute Gasteiger partial charge is 0.481 e. The zero-order valence-corrected chi connectivity index (χ0v) is 18.3. The minimum Gasteiger partial charge on any atom is -0.481 e. The van der Waals surface area contributed by atoms with Crippen molar-refractivity contribution in [2.75, 3.05) is 18.1 Å². The highest BCUT2D eigenvalue weighted by Gasteiger charge is 2.36. The highest BCUT2D eigenvalue weighted by Crippen LogP contribution is 2.37. The van der Waals surface area contributed by atoms with Crippen LogP contribution in [0.15, 0.2) is 36.9 Å². The molecular weight excluding hydrogens is 439 g/mol. The summed E-state index contributed by atoms with van der Waals surface area (Å²) in [5, 5.41) is 10.9. The maximum absolute atomic E-state index is 11.0. The molecule has 2 fully saturated rings. The monoisotopic (exact) mass is 460 g/mol. The third-order valence-corrected chi connectivity index (χ3v) is 7.05. The molecule has 7 nitrogen and oxygen atoms in total. The van der Waals surface area contributed by atoms with Crippen LogP contribution < -0.4 is 4.90 Å². The number of nitrogens with zero attached hydrogens (tertiary/aromatic N) is 4. The van der Waals surface area contributed by atoms with E-state index in [2.05, 4.69) is 16.0 Å². The van der Waals surface area contributed by atoms with Crippen LogP contribution in [-0.4, -0.2) is 50.9 Å². The van der Waals surface area contributed by atoms with Gasteiger partial charge in [0.05, 0.1) is 52.2 Å². The lowest BCUT2D eigenvalue weighted by Gasteiger charge is -2.34. The molecule has 1 aromatic carbocycles. The van der Waals surface area contributed by atoms with Crippen molar-refractivity contribution in [2.45, 2.75) is 37.8 Å². The van der Waals surface area contributed by atoms with E-state index >= 15 is 0 Å². The highest BCUT2D eigenvalue weighted by molar-refractivity contribution is 6.45. The van der Waals surface area contributed by atoms with Crippen LogP contribution in [0.1, 0.15) is 25.7 Å². The lowest BCUT2D eigenvalue weighted by Crippen LogP contribution is -2.40. The number of rotatable bonds is 6. The quantitative estimate of drug-likeness (QED) is 0.579. The molecule has 0 amide bonds. The van der Waals surface area contributed by atoms with Gasteiger partial charge in [-0.3, -0.25) is 4.79 Å². The Hall–Kier alpha value is -2.35. The predicted octanol–water partition coefficient (Wildman–Crippen LogP) is 4.58. The summed E-state index contributed by atoms with van der Waals surface area (Å²) >= 11 is 12.8. The molecule has 1 aliphatic heterocycles. The smallest absolute Gasteiger partial charge is 0.306 e. The number of imidazole rings is 1. The Morgan fingerprint density at radius 2 is 2.13 bits per heavy atom. The first-order valence-electron chi connectivity index (χ1n) is 10.4. The molecule has 3 aromatic rings. The summed E-state index contributed by atoms with van der Waals surface area (Å²) < 4.78 is 7.98. The SMILES string of the molecule is O=C(O)C1CC(OC[C@@H]2CCCN2c2cc(-n3ccnc3)c3ccc(Cl)c(Cl)c3n2)C1. The lowest BCUT2D eigenvalue weighted by atomic mass is 9.82. The van der Waals surface area contributed by atoms with Crippen molar-refractivity contribution in [1.29, 1.82) is 0 Å². The van der Waals surface area contributed by atoms with Gasteiger partial charge in [-0.1, -0.05) is 23.2 Å². The zero-order valence-electron chi connectivity index (χ0n) is 16.7. The van der Waals surface area contributed by atoms with Gasteiger partial charge in [0.1, 0.15) is 5.82 Å². The van der Waals surface area contributed by atoms with Crippen LogP contribution in [0.4, 0.5) is 5.82 Å². The lowest BCUT2D eigenvalue weighted by molar-refractivity contribution is -0.151. The van der Waals surface area contributed by atoms with Gasteiger partial charge in [-0.2, -0.15) is 0 Å². The van der Waals surface area contributed by atoms with Crippen molar-refractivity contribution in [3.63, 3.8) is 0 Å². The van der Waals surface area contributed by atoms with Crippen LogP contribution >= 0.6 is 23.2 Å². The molecule has 3 heterocycles. The van der Waals surface area contributed by atoms with E-state index < -0.39 is 5.97 Å². The average Bonchev–Trinajstić information content (AvgIpc) is 3.41. The highest BCUT2D eigenvalue weighted by atomic mass is 35.5. The first-order chi connectivity index (χ1) is 15.0. The van der Waals surface area contributed by atoms with E-state index in [1.54, 1.807) is 18.6 Å². The molecule has 31 heavy (non-hydrogen) atoms. The van der Waals surface area contributed by atoms with E-state index in [0.29, 0.717) is 35.0 Å². The normalized spacial score (nSPS) is 23.3. The Morgan fingerprint density at radius 1 is 1.29 bits per heavy atom. The van der Waals surface area contributed by atoms with E-state index in [9.17, 15) is 4.79 Å². The Kier molecular flexibility index (Phi) is 5.50. The van der Waals surface area contributed by atoms with Crippen LogP contribution in [-0.2, 0) is 9.53 Å². The van der Waals surface area contributed by atoms with Crippen LogP contribution in [0, 0.1) is 5.92 Å². The van der Waals surface area contributed by atoms with Crippen LogP contribution in [0.2, 0.25) is 10.0 Å². The number of benzene rings is 1. The Bertz CT molecular complexity index is 1120. The maximum Gasteiger partial charge on any atom is 0.306 e. The van der Waals surface area contributed by atoms with Gasteiger partial charge in [0.25, 0.3) is 0 Å². The van der Waals surface area contributed by atoms with E-state index in [1.165, 1.54) is 0 Å². The Labute approximate surface area is 189 Å². The molecule has 2 aliphatic rings. The molecule has 2 aromatic heterocycles. The second-order valence-corrected chi connectivity index (χ2v) is 8.96.